The zero-order valence-corrected chi connectivity index (χ0v) is 20.0. The van der Waals surface area contributed by atoms with Crippen LogP contribution >= 0.6 is 11.3 Å². The van der Waals surface area contributed by atoms with Crippen LogP contribution in [-0.4, -0.2) is 72.5 Å². The first-order valence-corrected chi connectivity index (χ1v) is 12.0. The summed E-state index contributed by atoms with van der Waals surface area (Å²) in [6.07, 6.45) is 5.33. The van der Waals surface area contributed by atoms with E-state index in [2.05, 4.69) is 52.0 Å². The first-order valence-electron chi connectivity index (χ1n) is 11.2. The number of fused-ring (bicyclic) bond motifs is 1. The molecule has 0 unspecified atom stereocenters. The summed E-state index contributed by atoms with van der Waals surface area (Å²) in [5, 5.41) is 3.22. The van der Waals surface area contributed by atoms with E-state index in [-0.39, 0.29) is 11.4 Å². The number of aryl methyl sites for hydroxylation is 1. The molecule has 0 atom stereocenters. The first kappa shape index (κ1) is 22.1. The minimum Gasteiger partial charge on any atom is -0.351 e. The summed E-state index contributed by atoms with van der Waals surface area (Å²) in [6, 6.07) is 12.5. The van der Waals surface area contributed by atoms with Gasteiger partial charge in [0.15, 0.2) is 0 Å². The van der Waals surface area contributed by atoms with Crippen LogP contribution in [0.5, 0.6) is 0 Å². The number of hydrogen-bond acceptors (Lipinski definition) is 4. The van der Waals surface area contributed by atoms with Crippen LogP contribution in [0.15, 0.2) is 48.0 Å². The highest BCUT2D eigenvalue weighted by Crippen LogP contribution is 2.39. The Morgan fingerprint density at radius 1 is 1.10 bits per heavy atom. The van der Waals surface area contributed by atoms with Gasteiger partial charge in [0, 0.05) is 61.3 Å². The second-order valence-electron chi connectivity index (χ2n) is 8.99. The Balaban J connectivity index is 1.30. The molecule has 3 heterocycles. The molecule has 0 saturated carbocycles. The third-order valence-electron chi connectivity index (χ3n) is 6.99. The molecule has 2 aromatic heterocycles. The van der Waals surface area contributed by atoms with Gasteiger partial charge in [-0.2, -0.15) is 0 Å². The van der Waals surface area contributed by atoms with Gasteiger partial charge in [-0.05, 0) is 69.5 Å². The van der Waals surface area contributed by atoms with Crippen LogP contribution in [0.1, 0.15) is 34.5 Å². The molecule has 0 aliphatic carbocycles. The molecule has 31 heavy (non-hydrogen) atoms. The number of amides is 1. The predicted octanol–water partition coefficient (Wildman–Crippen LogP) is 4.25. The van der Waals surface area contributed by atoms with Gasteiger partial charge in [0.25, 0.3) is 5.91 Å². The van der Waals surface area contributed by atoms with Gasteiger partial charge in [0.1, 0.15) is 0 Å². The maximum atomic E-state index is 13.0. The van der Waals surface area contributed by atoms with Crippen molar-refractivity contribution in [2.45, 2.75) is 24.8 Å². The number of aromatic nitrogens is 1. The largest absolute Gasteiger partial charge is 0.351 e. The van der Waals surface area contributed by atoms with E-state index in [0.29, 0.717) is 0 Å². The summed E-state index contributed by atoms with van der Waals surface area (Å²) < 4.78 is 2.06. The second kappa shape index (κ2) is 9.15. The minimum absolute atomic E-state index is 0.111. The lowest BCUT2D eigenvalue weighted by Gasteiger charge is -2.46. The number of hydrogen-bond donors (Lipinski definition) is 0. The smallest absolute Gasteiger partial charge is 0.254 e. The highest BCUT2D eigenvalue weighted by atomic mass is 32.1. The molecule has 1 amide bonds. The molecule has 0 radical (unpaired) electrons. The summed E-state index contributed by atoms with van der Waals surface area (Å²) in [4.78, 5) is 21.4. The fraction of sp³-hybridized carbons (Fsp3) is 0.480. The number of piperidine rings is 1. The van der Waals surface area contributed by atoms with E-state index < -0.39 is 0 Å². The Morgan fingerprint density at radius 3 is 2.55 bits per heavy atom. The molecular weight excluding hydrogens is 404 g/mol. The number of nitrogens with zero attached hydrogens (tertiary/aromatic N) is 4. The normalized spacial score (nSPS) is 16.8. The van der Waals surface area contributed by atoms with E-state index in [9.17, 15) is 4.79 Å². The zero-order valence-electron chi connectivity index (χ0n) is 19.2. The van der Waals surface area contributed by atoms with Crippen molar-refractivity contribution in [2.24, 2.45) is 7.05 Å². The molecule has 0 bridgehead atoms. The summed E-state index contributed by atoms with van der Waals surface area (Å²) in [5.41, 5.74) is 2.07. The van der Waals surface area contributed by atoms with Gasteiger partial charge in [0.2, 0.25) is 0 Å². The van der Waals surface area contributed by atoms with Crippen LogP contribution in [0.2, 0.25) is 0 Å². The number of carbonyl (C=O) groups excluding carboxylic acids is 1. The molecule has 5 nitrogen and oxygen atoms in total. The van der Waals surface area contributed by atoms with Crippen molar-refractivity contribution in [3.63, 3.8) is 0 Å². The average molecular weight is 439 g/mol. The fourth-order valence-electron chi connectivity index (χ4n) is 4.93. The van der Waals surface area contributed by atoms with Crippen molar-refractivity contribution in [1.82, 2.24) is 19.3 Å². The fourth-order valence-corrected chi connectivity index (χ4v) is 6.00. The lowest BCUT2D eigenvalue weighted by molar-refractivity contribution is 0.0545. The minimum atomic E-state index is 0.111. The summed E-state index contributed by atoms with van der Waals surface area (Å²) in [5.74, 6) is 0.111. The Morgan fingerprint density at radius 2 is 1.87 bits per heavy atom. The van der Waals surface area contributed by atoms with Crippen molar-refractivity contribution in [3.05, 3.63) is 58.4 Å². The highest BCUT2D eigenvalue weighted by molar-refractivity contribution is 7.10. The quantitative estimate of drug-likeness (QED) is 0.553. The second-order valence-corrected chi connectivity index (χ2v) is 9.94. The molecule has 0 spiro atoms. The van der Waals surface area contributed by atoms with Gasteiger partial charge in [-0.1, -0.05) is 12.1 Å². The molecule has 1 saturated heterocycles. The third-order valence-corrected chi connectivity index (χ3v) is 8.06. The van der Waals surface area contributed by atoms with E-state index in [0.717, 1.165) is 61.9 Å². The molecule has 1 aromatic carbocycles. The lowest BCUT2D eigenvalue weighted by Crippen LogP contribution is -2.50. The monoisotopic (exact) mass is 438 g/mol. The summed E-state index contributed by atoms with van der Waals surface area (Å²) >= 11 is 1.88. The maximum absolute atomic E-state index is 13.0. The number of likely N-dealkylation sites (tertiary alicyclic amines) is 1. The van der Waals surface area contributed by atoms with Gasteiger partial charge >= 0.3 is 0 Å². The van der Waals surface area contributed by atoms with Crippen molar-refractivity contribution < 1.29 is 4.79 Å². The van der Waals surface area contributed by atoms with Crippen molar-refractivity contribution in [2.75, 3.05) is 47.3 Å². The van der Waals surface area contributed by atoms with E-state index in [4.69, 9.17) is 0 Å². The van der Waals surface area contributed by atoms with E-state index in [1.165, 1.54) is 4.88 Å². The lowest BCUT2D eigenvalue weighted by atomic mass is 9.84. The topological polar surface area (TPSA) is 31.7 Å². The van der Waals surface area contributed by atoms with Gasteiger partial charge in [-0.15, -0.1) is 11.3 Å². The molecule has 1 aliphatic heterocycles. The predicted molar refractivity (Wildman–Crippen MR) is 130 cm³/mol. The molecule has 3 aromatic rings. The SMILES string of the molecule is CN(CCCN1CCC(c2cccs2)(N(C)C)CC1)C(=O)c1cccc2c1ccn2C. The van der Waals surface area contributed by atoms with Crippen LogP contribution in [0, 0.1) is 0 Å². The molecule has 4 rings (SSSR count). The number of rotatable bonds is 7. The van der Waals surface area contributed by atoms with Crippen molar-refractivity contribution in [3.8, 4) is 0 Å². The number of carbonyl (C=O) groups is 1. The van der Waals surface area contributed by atoms with E-state index in [1.54, 1.807) is 0 Å². The van der Waals surface area contributed by atoms with Crippen LogP contribution in [0.3, 0.4) is 0 Å². The molecule has 0 N–H and O–H groups in total. The van der Waals surface area contributed by atoms with Gasteiger partial charge in [-0.3, -0.25) is 9.69 Å². The van der Waals surface area contributed by atoms with Crippen LogP contribution in [-0.2, 0) is 12.6 Å². The van der Waals surface area contributed by atoms with Crippen molar-refractivity contribution in [1.29, 1.82) is 0 Å². The standard InChI is InChI=1S/C25H34N4OS/c1-26(2)25(23-10-6-19-31-23)12-17-29(18-13-25)15-7-14-28(4)24(30)21-8-5-9-22-20(21)11-16-27(22)3/h5-6,8-11,16,19H,7,12-15,17-18H2,1-4H3. The van der Waals surface area contributed by atoms with Crippen molar-refractivity contribution >= 4 is 28.1 Å². The van der Waals surface area contributed by atoms with Crippen LogP contribution < -0.4 is 0 Å². The van der Waals surface area contributed by atoms with E-state index in [1.807, 2.05) is 54.7 Å². The summed E-state index contributed by atoms with van der Waals surface area (Å²) in [6.45, 7) is 4.04. The Hall–Kier alpha value is -2.15. The maximum Gasteiger partial charge on any atom is 0.254 e. The molecule has 166 valence electrons. The van der Waals surface area contributed by atoms with Gasteiger partial charge in [-0.25, -0.2) is 0 Å². The highest BCUT2D eigenvalue weighted by Gasteiger charge is 2.38. The van der Waals surface area contributed by atoms with Crippen LogP contribution in [0.25, 0.3) is 10.9 Å². The summed E-state index contributed by atoms with van der Waals surface area (Å²) in [7, 11) is 8.36. The zero-order chi connectivity index (χ0) is 22.0. The Labute approximate surface area is 189 Å². The molecule has 1 fully saturated rings. The molecule has 1 aliphatic rings. The first-order chi connectivity index (χ1) is 14.9. The Bertz CT molecular complexity index is 1020. The Kier molecular flexibility index (Phi) is 6.51. The van der Waals surface area contributed by atoms with Crippen LogP contribution in [0.4, 0.5) is 0 Å². The number of thiophene rings is 1. The number of benzene rings is 1. The average Bonchev–Trinajstić information content (AvgIpc) is 3.44. The van der Waals surface area contributed by atoms with Gasteiger partial charge < -0.3 is 14.4 Å². The van der Waals surface area contributed by atoms with E-state index >= 15 is 0 Å². The third kappa shape index (κ3) is 4.29. The molecular formula is C25H34N4OS. The molecule has 6 heteroatoms. The van der Waals surface area contributed by atoms with Gasteiger partial charge in [0.05, 0.1) is 5.54 Å².